The average Bonchev–Trinajstić information content (AvgIpc) is 2.50. The van der Waals surface area contributed by atoms with Gasteiger partial charge in [0.15, 0.2) is 0 Å². The molecule has 0 bridgehead atoms. The van der Waals surface area contributed by atoms with Crippen molar-refractivity contribution in [3.63, 3.8) is 0 Å². The largest absolute Gasteiger partial charge is 0.375 e. The Balaban J connectivity index is 1.84. The molecule has 2 aliphatic heterocycles. The van der Waals surface area contributed by atoms with E-state index in [4.69, 9.17) is 4.74 Å². The summed E-state index contributed by atoms with van der Waals surface area (Å²) in [4.78, 5) is 2.17. The zero-order valence-electron chi connectivity index (χ0n) is 12.8. The number of nitrogens with zero attached hydrogens (tertiary/aromatic N) is 2. The fourth-order valence-corrected chi connectivity index (χ4v) is 4.60. The summed E-state index contributed by atoms with van der Waals surface area (Å²) in [5, 5.41) is 0. The van der Waals surface area contributed by atoms with Crippen molar-refractivity contribution in [2.45, 2.75) is 30.4 Å². The van der Waals surface area contributed by atoms with Gasteiger partial charge in [-0.1, -0.05) is 6.07 Å². The van der Waals surface area contributed by atoms with E-state index in [0.717, 1.165) is 12.6 Å². The third-order valence-corrected chi connectivity index (χ3v) is 6.47. The van der Waals surface area contributed by atoms with E-state index in [1.54, 1.807) is 6.92 Å². The van der Waals surface area contributed by atoms with Gasteiger partial charge in [-0.3, -0.25) is 4.90 Å². The summed E-state index contributed by atoms with van der Waals surface area (Å²) in [5.41, 5.74) is 0.443. The SMILES string of the molecule is Cc1ccc(S(=O)(=O)N2CCC3OCCN(C)C3C2)cc1F. The molecule has 2 unspecified atom stereocenters. The lowest BCUT2D eigenvalue weighted by atomic mass is 10.0. The van der Waals surface area contributed by atoms with Gasteiger partial charge in [-0.15, -0.1) is 0 Å². The number of aryl methyl sites for hydroxylation is 1. The molecule has 0 aromatic heterocycles. The van der Waals surface area contributed by atoms with Crippen LogP contribution in [0.15, 0.2) is 23.1 Å². The van der Waals surface area contributed by atoms with E-state index in [0.29, 0.717) is 31.7 Å². The Bertz CT molecular complexity index is 665. The second-order valence-electron chi connectivity index (χ2n) is 6.02. The first kappa shape index (κ1) is 15.9. The third-order valence-electron chi connectivity index (χ3n) is 4.61. The topological polar surface area (TPSA) is 49.9 Å². The van der Waals surface area contributed by atoms with E-state index in [-0.39, 0.29) is 17.0 Å². The first-order valence-corrected chi connectivity index (χ1v) is 8.92. The lowest BCUT2D eigenvalue weighted by Crippen LogP contribution is -2.59. The van der Waals surface area contributed by atoms with Gasteiger partial charge in [-0.2, -0.15) is 4.31 Å². The molecule has 2 heterocycles. The second kappa shape index (κ2) is 5.88. The molecule has 22 heavy (non-hydrogen) atoms. The molecule has 2 saturated heterocycles. The Morgan fingerprint density at radius 2 is 2.09 bits per heavy atom. The Hall–Kier alpha value is -1.02. The lowest BCUT2D eigenvalue weighted by Gasteiger charge is -2.45. The number of halogens is 1. The molecule has 3 rings (SSSR count). The van der Waals surface area contributed by atoms with Crippen LogP contribution in [0, 0.1) is 12.7 Å². The zero-order valence-corrected chi connectivity index (χ0v) is 13.6. The zero-order chi connectivity index (χ0) is 15.9. The molecule has 0 N–H and O–H groups in total. The van der Waals surface area contributed by atoms with Crippen LogP contribution < -0.4 is 0 Å². The molecular formula is C15H21FN2O3S. The second-order valence-corrected chi connectivity index (χ2v) is 7.96. The van der Waals surface area contributed by atoms with Crippen LogP contribution in [-0.2, 0) is 14.8 Å². The molecule has 0 spiro atoms. The first-order chi connectivity index (χ1) is 10.4. The molecule has 7 heteroatoms. The van der Waals surface area contributed by atoms with E-state index in [1.807, 2.05) is 7.05 Å². The highest BCUT2D eigenvalue weighted by molar-refractivity contribution is 7.89. The summed E-state index contributed by atoms with van der Waals surface area (Å²) < 4.78 is 46.3. The standard InChI is InChI=1S/C15H21FN2O3S/c1-11-3-4-12(9-13(11)16)22(19,20)18-6-5-15-14(10-18)17(2)7-8-21-15/h3-4,9,14-15H,5-8,10H2,1-2H3. The third kappa shape index (κ3) is 2.78. The van der Waals surface area contributed by atoms with Gasteiger partial charge >= 0.3 is 0 Å². The van der Waals surface area contributed by atoms with Gasteiger partial charge in [-0.05, 0) is 38.1 Å². The molecule has 2 aliphatic rings. The molecule has 0 aliphatic carbocycles. The average molecular weight is 328 g/mol. The van der Waals surface area contributed by atoms with Crippen LogP contribution in [-0.4, -0.2) is 63.1 Å². The van der Waals surface area contributed by atoms with Crippen molar-refractivity contribution >= 4 is 10.0 Å². The molecule has 2 atom stereocenters. The van der Waals surface area contributed by atoms with Crippen LogP contribution in [0.1, 0.15) is 12.0 Å². The van der Waals surface area contributed by atoms with E-state index < -0.39 is 15.8 Å². The van der Waals surface area contributed by atoms with Gasteiger partial charge in [0.05, 0.1) is 17.6 Å². The van der Waals surface area contributed by atoms with Crippen molar-refractivity contribution < 1.29 is 17.5 Å². The van der Waals surface area contributed by atoms with E-state index >= 15 is 0 Å². The number of fused-ring (bicyclic) bond motifs is 1. The van der Waals surface area contributed by atoms with Gasteiger partial charge in [0.1, 0.15) is 5.82 Å². The van der Waals surface area contributed by atoms with Crippen molar-refractivity contribution in [3.8, 4) is 0 Å². The maximum absolute atomic E-state index is 13.7. The van der Waals surface area contributed by atoms with E-state index in [1.165, 1.54) is 16.4 Å². The molecule has 1 aromatic carbocycles. The summed E-state index contributed by atoms with van der Waals surface area (Å²) in [6, 6.07) is 4.15. The van der Waals surface area contributed by atoms with Crippen molar-refractivity contribution in [1.82, 2.24) is 9.21 Å². The maximum Gasteiger partial charge on any atom is 0.243 e. The highest BCUT2D eigenvalue weighted by atomic mass is 32.2. The number of hydrogen-bond acceptors (Lipinski definition) is 4. The molecule has 5 nitrogen and oxygen atoms in total. The summed E-state index contributed by atoms with van der Waals surface area (Å²) >= 11 is 0. The minimum atomic E-state index is -3.66. The van der Waals surface area contributed by atoms with Gasteiger partial charge in [-0.25, -0.2) is 12.8 Å². The van der Waals surface area contributed by atoms with E-state index in [2.05, 4.69) is 4.90 Å². The highest BCUT2D eigenvalue weighted by Crippen LogP contribution is 2.27. The molecule has 1 aromatic rings. The fourth-order valence-electron chi connectivity index (χ4n) is 3.11. The highest BCUT2D eigenvalue weighted by Gasteiger charge is 2.39. The Kier molecular flexibility index (Phi) is 4.24. The van der Waals surface area contributed by atoms with E-state index in [9.17, 15) is 12.8 Å². The summed E-state index contributed by atoms with van der Waals surface area (Å²) in [6.45, 7) is 3.90. The number of piperidine rings is 1. The predicted molar refractivity (Wildman–Crippen MR) is 80.7 cm³/mol. The monoisotopic (exact) mass is 328 g/mol. The summed E-state index contributed by atoms with van der Waals surface area (Å²) in [7, 11) is -1.68. The van der Waals surface area contributed by atoms with Crippen LogP contribution in [0.25, 0.3) is 0 Å². The van der Waals surface area contributed by atoms with Crippen LogP contribution in [0.4, 0.5) is 4.39 Å². The molecular weight excluding hydrogens is 307 g/mol. The van der Waals surface area contributed by atoms with Crippen molar-refractivity contribution in [1.29, 1.82) is 0 Å². The van der Waals surface area contributed by atoms with Gasteiger partial charge < -0.3 is 4.74 Å². The number of morpholine rings is 1. The van der Waals surface area contributed by atoms with Crippen molar-refractivity contribution in [2.75, 3.05) is 33.3 Å². The normalized spacial score (nSPS) is 27.6. The Morgan fingerprint density at radius 3 is 2.82 bits per heavy atom. The summed E-state index contributed by atoms with van der Waals surface area (Å²) in [5.74, 6) is -0.492. The summed E-state index contributed by atoms with van der Waals surface area (Å²) in [6.07, 6.45) is 0.753. The van der Waals surface area contributed by atoms with Crippen LogP contribution in [0.2, 0.25) is 0 Å². The number of hydrogen-bond donors (Lipinski definition) is 0. The molecule has 0 amide bonds. The molecule has 122 valence electrons. The van der Waals surface area contributed by atoms with Gasteiger partial charge in [0.25, 0.3) is 0 Å². The maximum atomic E-state index is 13.7. The van der Waals surface area contributed by atoms with Crippen LogP contribution in [0.3, 0.4) is 0 Å². The number of ether oxygens (including phenoxy) is 1. The number of likely N-dealkylation sites (N-methyl/N-ethyl adjacent to an activating group) is 1. The lowest BCUT2D eigenvalue weighted by molar-refractivity contribution is -0.0840. The smallest absolute Gasteiger partial charge is 0.243 e. The van der Waals surface area contributed by atoms with Crippen LogP contribution in [0.5, 0.6) is 0 Å². The molecule has 0 saturated carbocycles. The quantitative estimate of drug-likeness (QED) is 0.819. The predicted octanol–water partition coefficient (Wildman–Crippen LogP) is 1.23. The Labute approximate surface area is 130 Å². The number of rotatable bonds is 2. The molecule has 2 fully saturated rings. The Morgan fingerprint density at radius 1 is 1.32 bits per heavy atom. The minimum Gasteiger partial charge on any atom is -0.375 e. The number of benzene rings is 1. The molecule has 0 radical (unpaired) electrons. The van der Waals surface area contributed by atoms with Gasteiger partial charge in [0, 0.05) is 25.7 Å². The van der Waals surface area contributed by atoms with Crippen LogP contribution >= 0.6 is 0 Å². The van der Waals surface area contributed by atoms with Crippen molar-refractivity contribution in [3.05, 3.63) is 29.6 Å². The van der Waals surface area contributed by atoms with Crippen molar-refractivity contribution in [2.24, 2.45) is 0 Å². The first-order valence-electron chi connectivity index (χ1n) is 7.48. The fraction of sp³-hybridized carbons (Fsp3) is 0.600. The van der Waals surface area contributed by atoms with Gasteiger partial charge in [0.2, 0.25) is 10.0 Å². The minimum absolute atomic E-state index is 0.0217. The number of sulfonamides is 1.